The highest BCUT2D eigenvalue weighted by Crippen LogP contribution is 2.29. The Morgan fingerprint density at radius 3 is 2.38 bits per heavy atom. The van der Waals surface area contributed by atoms with E-state index in [4.69, 9.17) is 5.11 Å². The summed E-state index contributed by atoms with van der Waals surface area (Å²) in [6, 6.07) is 17.2. The molecule has 2 amide bonds. The van der Waals surface area contributed by atoms with Crippen LogP contribution in [0.15, 0.2) is 85.5 Å². The lowest BCUT2D eigenvalue weighted by molar-refractivity contribution is -0.115. The first-order chi connectivity index (χ1) is 16.4. The van der Waals surface area contributed by atoms with E-state index in [-0.39, 0.29) is 11.4 Å². The number of carboxylic acid groups (broad SMARTS) is 1. The van der Waals surface area contributed by atoms with Gasteiger partial charge in [-0.15, -0.1) is 0 Å². The minimum atomic E-state index is -1.31. The van der Waals surface area contributed by atoms with Crippen LogP contribution in [0, 0.1) is 5.82 Å². The van der Waals surface area contributed by atoms with Gasteiger partial charge in [-0.05, 0) is 47.5 Å². The lowest BCUT2D eigenvalue weighted by atomic mass is 10.0. The standard InChI is InChI=1S/C25H19FN4O4/c26-19-7-4-16(5-8-19)17-6-9-21(29-25(33)34)22(13-17)28-24(32)14-23(31)18-2-1-3-20(12-18)30-11-10-27-15-30/h1-13,15,29H,14H2,(H,28,32)(H,33,34). The van der Waals surface area contributed by atoms with Crippen molar-refractivity contribution in [3.05, 3.63) is 96.8 Å². The van der Waals surface area contributed by atoms with E-state index < -0.39 is 30.0 Å². The first-order valence-corrected chi connectivity index (χ1v) is 10.2. The smallest absolute Gasteiger partial charge is 0.409 e. The number of benzene rings is 3. The van der Waals surface area contributed by atoms with Crippen molar-refractivity contribution in [2.24, 2.45) is 0 Å². The van der Waals surface area contributed by atoms with E-state index >= 15 is 0 Å². The first-order valence-electron chi connectivity index (χ1n) is 10.2. The fourth-order valence-corrected chi connectivity index (χ4v) is 3.39. The average molecular weight is 458 g/mol. The van der Waals surface area contributed by atoms with E-state index in [9.17, 15) is 18.8 Å². The maximum absolute atomic E-state index is 13.3. The van der Waals surface area contributed by atoms with Crippen LogP contribution in [0.4, 0.5) is 20.6 Å². The summed E-state index contributed by atoms with van der Waals surface area (Å²) in [6.07, 6.45) is 3.20. The number of hydrogen-bond acceptors (Lipinski definition) is 4. The lowest BCUT2D eigenvalue weighted by Crippen LogP contribution is -2.18. The summed E-state index contributed by atoms with van der Waals surface area (Å²) in [5.41, 5.74) is 2.70. The van der Waals surface area contributed by atoms with Crippen LogP contribution < -0.4 is 10.6 Å². The van der Waals surface area contributed by atoms with Gasteiger partial charge >= 0.3 is 6.09 Å². The van der Waals surface area contributed by atoms with Gasteiger partial charge in [0.05, 0.1) is 24.1 Å². The zero-order chi connectivity index (χ0) is 24.1. The van der Waals surface area contributed by atoms with Gasteiger partial charge in [-0.2, -0.15) is 0 Å². The van der Waals surface area contributed by atoms with Crippen LogP contribution in [0.2, 0.25) is 0 Å². The molecule has 4 rings (SSSR count). The molecule has 3 aromatic carbocycles. The van der Waals surface area contributed by atoms with Crippen LogP contribution in [0.5, 0.6) is 0 Å². The summed E-state index contributed by atoms with van der Waals surface area (Å²) in [7, 11) is 0. The Balaban J connectivity index is 1.53. The molecule has 1 aromatic heterocycles. The summed E-state index contributed by atoms with van der Waals surface area (Å²) >= 11 is 0. The Morgan fingerprint density at radius 1 is 0.912 bits per heavy atom. The fraction of sp³-hybridized carbons (Fsp3) is 0.0400. The van der Waals surface area contributed by atoms with E-state index in [0.717, 1.165) is 5.69 Å². The lowest BCUT2D eigenvalue weighted by Gasteiger charge is -2.13. The van der Waals surface area contributed by atoms with Gasteiger partial charge in [0.15, 0.2) is 5.78 Å². The van der Waals surface area contributed by atoms with E-state index in [2.05, 4.69) is 15.6 Å². The summed E-state index contributed by atoms with van der Waals surface area (Å²) in [6.45, 7) is 0. The maximum Gasteiger partial charge on any atom is 0.409 e. The normalized spacial score (nSPS) is 10.5. The molecule has 8 nitrogen and oxygen atoms in total. The van der Waals surface area contributed by atoms with Crippen molar-refractivity contribution in [2.45, 2.75) is 6.42 Å². The van der Waals surface area contributed by atoms with Crippen LogP contribution in [-0.4, -0.2) is 32.4 Å². The Bertz CT molecular complexity index is 1350. The Hall–Kier alpha value is -4.79. The Kier molecular flexibility index (Phi) is 6.45. The molecular weight excluding hydrogens is 439 g/mol. The number of aromatic nitrogens is 2. The molecule has 0 saturated heterocycles. The number of halogens is 1. The van der Waals surface area contributed by atoms with Crippen LogP contribution in [0.3, 0.4) is 0 Å². The second-order valence-corrected chi connectivity index (χ2v) is 7.37. The number of Topliss-reactive ketones (excluding diaryl/α,β-unsaturated/α-hetero) is 1. The van der Waals surface area contributed by atoms with Crippen molar-refractivity contribution in [3.63, 3.8) is 0 Å². The molecule has 0 spiro atoms. The molecule has 0 bridgehead atoms. The number of nitrogens with one attached hydrogen (secondary N) is 2. The predicted molar refractivity (Wildman–Crippen MR) is 125 cm³/mol. The second kappa shape index (κ2) is 9.78. The van der Waals surface area contributed by atoms with Crippen LogP contribution >= 0.6 is 0 Å². The topological polar surface area (TPSA) is 113 Å². The molecule has 0 saturated carbocycles. The van der Waals surface area contributed by atoms with E-state index in [1.54, 1.807) is 65.8 Å². The first kappa shape index (κ1) is 22.4. The average Bonchev–Trinajstić information content (AvgIpc) is 3.36. The van der Waals surface area contributed by atoms with Gasteiger partial charge in [0.2, 0.25) is 5.91 Å². The Labute approximate surface area is 193 Å². The highest BCUT2D eigenvalue weighted by atomic mass is 19.1. The summed E-state index contributed by atoms with van der Waals surface area (Å²) < 4.78 is 15.0. The SMILES string of the molecule is O=C(O)Nc1ccc(-c2ccc(F)cc2)cc1NC(=O)CC(=O)c1cccc(-n2ccnc2)c1. The van der Waals surface area contributed by atoms with Gasteiger partial charge in [0, 0.05) is 23.6 Å². The molecule has 9 heteroatoms. The number of ketones is 1. The monoisotopic (exact) mass is 458 g/mol. The van der Waals surface area contributed by atoms with Gasteiger partial charge in [-0.25, -0.2) is 14.2 Å². The fourth-order valence-electron chi connectivity index (χ4n) is 3.39. The molecular formula is C25H19FN4O4. The van der Waals surface area contributed by atoms with Gasteiger partial charge in [0.25, 0.3) is 0 Å². The molecule has 34 heavy (non-hydrogen) atoms. The minimum Gasteiger partial charge on any atom is -0.465 e. The van der Waals surface area contributed by atoms with E-state index in [1.807, 2.05) is 6.07 Å². The number of rotatable bonds is 7. The van der Waals surface area contributed by atoms with Crippen molar-refractivity contribution in [1.29, 1.82) is 0 Å². The third-order valence-electron chi connectivity index (χ3n) is 5.00. The number of anilines is 2. The van der Waals surface area contributed by atoms with Crippen molar-refractivity contribution < 1.29 is 23.9 Å². The van der Waals surface area contributed by atoms with Gasteiger partial charge < -0.3 is 15.0 Å². The van der Waals surface area contributed by atoms with Gasteiger partial charge in [-0.3, -0.25) is 14.9 Å². The van der Waals surface area contributed by atoms with Crippen molar-refractivity contribution in [2.75, 3.05) is 10.6 Å². The number of carbonyl (C=O) groups excluding carboxylic acids is 2. The molecule has 0 unspecified atom stereocenters. The second-order valence-electron chi connectivity index (χ2n) is 7.37. The molecule has 0 aliphatic heterocycles. The third-order valence-corrected chi connectivity index (χ3v) is 5.00. The molecule has 3 N–H and O–H groups in total. The van der Waals surface area contributed by atoms with Gasteiger partial charge in [0.1, 0.15) is 5.82 Å². The zero-order valence-electron chi connectivity index (χ0n) is 17.7. The third kappa shape index (κ3) is 5.33. The quantitative estimate of drug-likeness (QED) is 0.267. The zero-order valence-corrected chi connectivity index (χ0v) is 17.7. The minimum absolute atomic E-state index is 0.140. The largest absolute Gasteiger partial charge is 0.465 e. The molecule has 1 heterocycles. The molecule has 0 atom stereocenters. The molecule has 0 aliphatic rings. The number of hydrogen-bond donors (Lipinski definition) is 3. The van der Waals surface area contributed by atoms with Crippen molar-refractivity contribution >= 4 is 29.2 Å². The number of amides is 2. The van der Waals surface area contributed by atoms with Crippen molar-refractivity contribution in [1.82, 2.24) is 9.55 Å². The number of nitrogens with zero attached hydrogens (tertiary/aromatic N) is 2. The summed E-state index contributed by atoms with van der Waals surface area (Å²) in [5.74, 6) is -1.40. The highest BCUT2D eigenvalue weighted by molar-refractivity contribution is 6.12. The molecule has 170 valence electrons. The van der Waals surface area contributed by atoms with Crippen LogP contribution in [0.1, 0.15) is 16.8 Å². The van der Waals surface area contributed by atoms with E-state index in [0.29, 0.717) is 16.7 Å². The van der Waals surface area contributed by atoms with Crippen molar-refractivity contribution in [3.8, 4) is 16.8 Å². The molecule has 0 aliphatic carbocycles. The molecule has 4 aromatic rings. The van der Waals surface area contributed by atoms with Crippen LogP contribution in [-0.2, 0) is 4.79 Å². The Morgan fingerprint density at radius 2 is 1.68 bits per heavy atom. The maximum atomic E-state index is 13.3. The van der Waals surface area contributed by atoms with E-state index in [1.165, 1.54) is 18.2 Å². The molecule has 0 fully saturated rings. The summed E-state index contributed by atoms with van der Waals surface area (Å²) in [5, 5.41) is 13.9. The number of imidazole rings is 1. The van der Waals surface area contributed by atoms with Gasteiger partial charge in [-0.1, -0.05) is 30.3 Å². The predicted octanol–water partition coefficient (Wildman–Crippen LogP) is 4.98. The number of carbonyl (C=O) groups is 3. The molecule has 0 radical (unpaired) electrons. The summed E-state index contributed by atoms with van der Waals surface area (Å²) in [4.78, 5) is 40.5. The highest BCUT2D eigenvalue weighted by Gasteiger charge is 2.16. The van der Waals surface area contributed by atoms with Crippen LogP contribution in [0.25, 0.3) is 16.8 Å².